The Hall–Kier alpha value is -5.41. The molecular formula is C34H40N8O7. The van der Waals surface area contributed by atoms with E-state index in [4.69, 9.17) is 13.8 Å². The smallest absolute Gasteiger partial charge is 0.274 e. The summed E-state index contributed by atoms with van der Waals surface area (Å²) in [7, 11) is 1.59. The monoisotopic (exact) mass is 672 g/mol. The molecule has 0 saturated heterocycles. The summed E-state index contributed by atoms with van der Waals surface area (Å²) in [5, 5.41) is 19.1. The molecule has 3 atom stereocenters. The Balaban J connectivity index is 1.41. The molecule has 3 heterocycles. The Bertz CT molecular complexity index is 1690. The van der Waals surface area contributed by atoms with Gasteiger partial charge in [0, 0.05) is 45.5 Å². The predicted molar refractivity (Wildman–Crippen MR) is 175 cm³/mol. The van der Waals surface area contributed by atoms with Crippen molar-refractivity contribution in [3.8, 4) is 0 Å². The lowest BCUT2D eigenvalue weighted by Gasteiger charge is -2.25. The number of carbonyl (C=O) groups is 4. The summed E-state index contributed by atoms with van der Waals surface area (Å²) >= 11 is 0. The number of ether oxygens (including phenoxy) is 1. The van der Waals surface area contributed by atoms with Gasteiger partial charge in [0.1, 0.15) is 18.1 Å². The summed E-state index contributed by atoms with van der Waals surface area (Å²) in [6, 6.07) is 17.0. The van der Waals surface area contributed by atoms with Gasteiger partial charge in [-0.2, -0.15) is 4.98 Å². The zero-order valence-electron chi connectivity index (χ0n) is 27.4. The van der Waals surface area contributed by atoms with Crippen LogP contribution in [0.3, 0.4) is 0 Å². The van der Waals surface area contributed by atoms with Crippen LogP contribution in [-0.4, -0.2) is 88.8 Å². The van der Waals surface area contributed by atoms with Gasteiger partial charge in [-0.05, 0) is 18.1 Å². The minimum atomic E-state index is -1.04. The molecule has 2 aromatic heterocycles. The summed E-state index contributed by atoms with van der Waals surface area (Å²) in [6.45, 7) is 2.84. The van der Waals surface area contributed by atoms with Crippen molar-refractivity contribution in [2.45, 2.75) is 57.4 Å². The first-order valence-corrected chi connectivity index (χ1v) is 16.0. The van der Waals surface area contributed by atoms with E-state index in [1.54, 1.807) is 7.11 Å². The largest absolute Gasteiger partial charge is 0.384 e. The molecule has 5 rings (SSSR count). The van der Waals surface area contributed by atoms with Gasteiger partial charge in [0.05, 0.1) is 19.7 Å². The second kappa shape index (κ2) is 17.1. The van der Waals surface area contributed by atoms with Crippen LogP contribution in [0.5, 0.6) is 0 Å². The molecule has 4 N–H and O–H groups in total. The Morgan fingerprint density at radius 3 is 2.16 bits per heavy atom. The van der Waals surface area contributed by atoms with Gasteiger partial charge in [-0.1, -0.05) is 71.0 Å². The van der Waals surface area contributed by atoms with Crippen molar-refractivity contribution in [2.24, 2.45) is 0 Å². The maximum absolute atomic E-state index is 13.8. The summed E-state index contributed by atoms with van der Waals surface area (Å²) in [5.41, 5.74) is 1.62. The van der Waals surface area contributed by atoms with Crippen LogP contribution in [0, 0.1) is 0 Å². The molecule has 0 fully saturated rings. The highest BCUT2D eigenvalue weighted by Crippen LogP contribution is 2.13. The van der Waals surface area contributed by atoms with E-state index in [9.17, 15) is 19.2 Å². The maximum Gasteiger partial charge on any atom is 0.274 e. The quantitative estimate of drug-likeness (QED) is 0.198. The number of hydrogen-bond donors (Lipinski definition) is 4. The first-order valence-electron chi connectivity index (χ1n) is 16.0. The second-order valence-corrected chi connectivity index (χ2v) is 11.7. The van der Waals surface area contributed by atoms with Gasteiger partial charge in [-0.3, -0.25) is 24.1 Å². The lowest BCUT2D eigenvalue weighted by atomic mass is 10.0. The van der Waals surface area contributed by atoms with Gasteiger partial charge in [-0.25, -0.2) is 0 Å². The van der Waals surface area contributed by atoms with E-state index >= 15 is 0 Å². The fraction of sp³-hybridized carbons (Fsp3) is 0.382. The van der Waals surface area contributed by atoms with Crippen LogP contribution in [0.2, 0.25) is 0 Å². The zero-order chi connectivity index (χ0) is 34.6. The standard InChI is InChI=1S/C34H40N8O7/c1-22-31(43)37-27(18-24-11-7-4-8-12-24)33(45)38-26(17-23-9-5-3-6-10-23)32(44)35-14-15-42(20-25-19-28(40-48-25)34(46)36-22)21-30-39-29(41-49-30)13-16-47-2/h3-12,19,22,26-27H,13-18,20-21H2,1-2H3,(H,35,44)(H,36,46)(H,37,43)(H,38,45)/t22-,26+,27-/m0/s1. The number of hydrogen-bond acceptors (Lipinski definition) is 11. The highest BCUT2D eigenvalue weighted by Gasteiger charge is 2.30. The molecule has 1 aliphatic heterocycles. The Kier molecular flexibility index (Phi) is 12.2. The summed E-state index contributed by atoms with van der Waals surface area (Å²) in [4.78, 5) is 60.2. The molecule has 0 spiro atoms. The molecule has 15 heteroatoms. The number of rotatable bonds is 9. The van der Waals surface area contributed by atoms with E-state index in [0.717, 1.165) is 11.1 Å². The van der Waals surface area contributed by atoms with Crippen molar-refractivity contribution in [1.82, 2.24) is 41.5 Å². The van der Waals surface area contributed by atoms with Gasteiger partial charge in [0.25, 0.3) is 5.91 Å². The molecule has 0 saturated carbocycles. The number of carbonyl (C=O) groups excluding carboxylic acids is 4. The third kappa shape index (κ3) is 10.3. The lowest BCUT2D eigenvalue weighted by Crippen LogP contribution is -2.57. The van der Waals surface area contributed by atoms with Gasteiger partial charge >= 0.3 is 0 Å². The molecule has 2 aromatic carbocycles. The van der Waals surface area contributed by atoms with Crippen LogP contribution in [0.25, 0.3) is 0 Å². The number of methoxy groups -OCH3 is 1. The minimum Gasteiger partial charge on any atom is -0.384 e. The van der Waals surface area contributed by atoms with Crippen molar-refractivity contribution in [3.05, 3.63) is 101 Å². The van der Waals surface area contributed by atoms with Crippen molar-refractivity contribution < 1.29 is 33.0 Å². The van der Waals surface area contributed by atoms with Crippen molar-refractivity contribution >= 4 is 23.6 Å². The number of amides is 4. The maximum atomic E-state index is 13.8. The van der Waals surface area contributed by atoms with E-state index in [1.165, 1.54) is 13.0 Å². The molecule has 49 heavy (non-hydrogen) atoms. The third-order valence-corrected chi connectivity index (χ3v) is 7.87. The molecule has 15 nitrogen and oxygen atoms in total. The summed E-state index contributed by atoms with van der Waals surface area (Å²) in [5.74, 6) is -0.949. The number of fused-ring (bicyclic) bond motifs is 2. The van der Waals surface area contributed by atoms with Crippen molar-refractivity contribution in [1.29, 1.82) is 0 Å². The predicted octanol–water partition coefficient (Wildman–Crippen LogP) is 0.952. The topological polar surface area (TPSA) is 194 Å². The number of nitrogens with zero attached hydrogens (tertiary/aromatic N) is 4. The molecule has 0 radical (unpaired) electrons. The van der Waals surface area contributed by atoms with Crippen LogP contribution in [0.1, 0.15) is 46.0 Å². The molecule has 258 valence electrons. The second-order valence-electron chi connectivity index (χ2n) is 11.7. The minimum absolute atomic E-state index is 0.0222. The average Bonchev–Trinajstić information content (AvgIpc) is 3.76. The SMILES string of the molecule is COCCc1noc(CN2CCNC(=O)[C@@H](Cc3ccccc3)NC(=O)[C@H](Cc3ccccc3)NC(=O)[C@H](C)NC(=O)c3cc(on3)C2)n1. The van der Waals surface area contributed by atoms with Gasteiger partial charge in [-0.15, -0.1) is 0 Å². The van der Waals surface area contributed by atoms with Crippen LogP contribution < -0.4 is 21.3 Å². The van der Waals surface area contributed by atoms with Crippen LogP contribution in [0.4, 0.5) is 0 Å². The van der Waals surface area contributed by atoms with E-state index < -0.39 is 41.8 Å². The Morgan fingerprint density at radius 1 is 0.837 bits per heavy atom. The molecule has 4 aromatic rings. The first-order chi connectivity index (χ1) is 23.8. The molecule has 0 aliphatic carbocycles. The number of aromatic nitrogens is 3. The molecule has 0 unspecified atom stereocenters. The van der Waals surface area contributed by atoms with Crippen LogP contribution in [0.15, 0.2) is 75.8 Å². The third-order valence-electron chi connectivity index (χ3n) is 7.87. The average molecular weight is 673 g/mol. The van der Waals surface area contributed by atoms with Gasteiger partial charge in [0.2, 0.25) is 23.6 Å². The lowest BCUT2D eigenvalue weighted by molar-refractivity contribution is -0.132. The van der Waals surface area contributed by atoms with Crippen molar-refractivity contribution in [2.75, 3.05) is 26.8 Å². The fourth-order valence-electron chi connectivity index (χ4n) is 5.25. The highest BCUT2D eigenvalue weighted by atomic mass is 16.5. The summed E-state index contributed by atoms with van der Waals surface area (Å²) in [6.07, 6.45) is 0.852. The normalized spacial score (nSPS) is 20.0. The number of nitrogens with one attached hydrogen (secondary N) is 4. The number of benzene rings is 2. The molecule has 2 bridgehead atoms. The van der Waals surface area contributed by atoms with Crippen LogP contribution >= 0.6 is 0 Å². The zero-order valence-corrected chi connectivity index (χ0v) is 27.4. The van der Waals surface area contributed by atoms with E-state index in [2.05, 4.69) is 36.6 Å². The highest BCUT2D eigenvalue weighted by molar-refractivity contribution is 5.97. The van der Waals surface area contributed by atoms with E-state index in [-0.39, 0.29) is 38.2 Å². The van der Waals surface area contributed by atoms with Crippen molar-refractivity contribution in [3.63, 3.8) is 0 Å². The summed E-state index contributed by atoms with van der Waals surface area (Å²) < 4.78 is 16.0. The molecule has 1 aliphatic rings. The van der Waals surface area contributed by atoms with E-state index in [0.29, 0.717) is 37.0 Å². The van der Waals surface area contributed by atoms with E-state index in [1.807, 2.05) is 65.6 Å². The van der Waals surface area contributed by atoms with Gasteiger partial charge < -0.3 is 35.1 Å². The molecular weight excluding hydrogens is 632 g/mol. The van der Waals surface area contributed by atoms with Gasteiger partial charge in [0.15, 0.2) is 17.3 Å². The van der Waals surface area contributed by atoms with Crippen LogP contribution in [-0.2, 0) is 51.5 Å². The fourth-order valence-corrected chi connectivity index (χ4v) is 5.25. The Morgan fingerprint density at radius 2 is 1.49 bits per heavy atom. The molecule has 4 amide bonds. The first kappa shape index (κ1) is 34.9. The Labute approximate surface area is 283 Å².